The molecule has 1 rings (SSSR count). The maximum atomic E-state index is 10.1. The molecular weight excluding hydrogens is 186 g/mol. The summed E-state index contributed by atoms with van der Waals surface area (Å²) in [4.78, 5) is 0. The van der Waals surface area contributed by atoms with E-state index in [2.05, 4.69) is 34.6 Å². The molecule has 0 aliphatic carbocycles. The van der Waals surface area contributed by atoms with E-state index in [0.29, 0.717) is 0 Å². The molecule has 0 amide bonds. The van der Waals surface area contributed by atoms with Crippen LogP contribution in [0, 0.1) is 5.92 Å². The van der Waals surface area contributed by atoms with Crippen molar-refractivity contribution in [3.05, 3.63) is 0 Å². The van der Waals surface area contributed by atoms with Gasteiger partial charge in [0.1, 0.15) is 0 Å². The van der Waals surface area contributed by atoms with Crippen molar-refractivity contribution in [2.75, 3.05) is 0 Å². The van der Waals surface area contributed by atoms with Crippen LogP contribution in [0.25, 0.3) is 0 Å². The van der Waals surface area contributed by atoms with Gasteiger partial charge in [0.05, 0.1) is 0 Å². The minimum atomic E-state index is -0.0693. The number of hydroxylamine groups is 2. The zero-order valence-corrected chi connectivity index (χ0v) is 11.0. The first-order chi connectivity index (χ1) is 6.79. The van der Waals surface area contributed by atoms with Crippen molar-refractivity contribution < 1.29 is 5.21 Å². The number of hydrogen-bond acceptors (Lipinski definition) is 2. The van der Waals surface area contributed by atoms with Gasteiger partial charge in [-0.2, -0.15) is 5.06 Å². The van der Waals surface area contributed by atoms with E-state index in [1.165, 1.54) is 19.3 Å². The summed E-state index contributed by atoms with van der Waals surface area (Å²) in [7, 11) is 0. The summed E-state index contributed by atoms with van der Waals surface area (Å²) in [6, 6.07) is 0. The Labute approximate surface area is 94.6 Å². The maximum absolute atomic E-state index is 10.1. The molecule has 0 aromatic heterocycles. The van der Waals surface area contributed by atoms with Crippen molar-refractivity contribution in [1.82, 2.24) is 5.06 Å². The van der Waals surface area contributed by atoms with Crippen molar-refractivity contribution in [1.29, 1.82) is 0 Å². The summed E-state index contributed by atoms with van der Waals surface area (Å²) in [6.45, 7) is 10.8. The minimum absolute atomic E-state index is 0.0693. The first-order valence-corrected chi connectivity index (χ1v) is 6.29. The molecule has 0 spiro atoms. The van der Waals surface area contributed by atoms with E-state index in [0.717, 1.165) is 18.8 Å². The Bertz CT molecular complexity index is 193. The van der Waals surface area contributed by atoms with E-state index < -0.39 is 0 Å². The second kappa shape index (κ2) is 4.42. The van der Waals surface area contributed by atoms with Crippen LogP contribution in [0.2, 0.25) is 0 Å². The van der Waals surface area contributed by atoms with Gasteiger partial charge in [0, 0.05) is 11.1 Å². The van der Waals surface area contributed by atoms with Crippen LogP contribution in [0.5, 0.6) is 0 Å². The number of hydrogen-bond donors (Lipinski definition) is 1. The average Bonchev–Trinajstić information content (AvgIpc) is 2.10. The van der Waals surface area contributed by atoms with Crippen LogP contribution in [0.3, 0.4) is 0 Å². The van der Waals surface area contributed by atoms with E-state index in [-0.39, 0.29) is 11.1 Å². The predicted molar refractivity (Wildman–Crippen MR) is 64.0 cm³/mol. The second-order valence-electron chi connectivity index (χ2n) is 6.35. The van der Waals surface area contributed by atoms with Crippen molar-refractivity contribution in [3.8, 4) is 0 Å². The SMILES string of the molecule is CCCCC1CC(C)(C)N(O)C(C)(C)C1. The quantitative estimate of drug-likeness (QED) is 0.770. The Kier molecular flexibility index (Phi) is 3.83. The zero-order valence-electron chi connectivity index (χ0n) is 11.0. The molecule has 1 fully saturated rings. The predicted octanol–water partition coefficient (Wildman–Crippen LogP) is 3.84. The summed E-state index contributed by atoms with van der Waals surface area (Å²) < 4.78 is 0. The molecule has 1 N–H and O–H groups in total. The molecule has 0 saturated carbocycles. The Morgan fingerprint density at radius 3 is 2.00 bits per heavy atom. The van der Waals surface area contributed by atoms with Gasteiger partial charge in [0.25, 0.3) is 0 Å². The van der Waals surface area contributed by atoms with Gasteiger partial charge in [-0.15, -0.1) is 0 Å². The number of nitrogens with zero attached hydrogens (tertiary/aromatic N) is 1. The van der Waals surface area contributed by atoms with E-state index in [1.807, 2.05) is 0 Å². The first kappa shape index (κ1) is 13.0. The van der Waals surface area contributed by atoms with E-state index in [1.54, 1.807) is 5.06 Å². The Morgan fingerprint density at radius 1 is 1.13 bits per heavy atom. The molecule has 0 aromatic rings. The van der Waals surface area contributed by atoms with E-state index in [4.69, 9.17) is 0 Å². The minimum Gasteiger partial charge on any atom is -0.313 e. The van der Waals surface area contributed by atoms with Gasteiger partial charge in [-0.25, -0.2) is 0 Å². The molecule has 0 aromatic carbocycles. The van der Waals surface area contributed by atoms with Gasteiger partial charge < -0.3 is 5.21 Å². The molecule has 1 aliphatic rings. The number of rotatable bonds is 3. The van der Waals surface area contributed by atoms with Gasteiger partial charge >= 0.3 is 0 Å². The monoisotopic (exact) mass is 213 g/mol. The molecule has 15 heavy (non-hydrogen) atoms. The Morgan fingerprint density at radius 2 is 1.60 bits per heavy atom. The van der Waals surface area contributed by atoms with Crippen LogP contribution in [0.15, 0.2) is 0 Å². The van der Waals surface area contributed by atoms with Crippen molar-refractivity contribution in [2.24, 2.45) is 5.92 Å². The van der Waals surface area contributed by atoms with Gasteiger partial charge in [-0.3, -0.25) is 0 Å². The van der Waals surface area contributed by atoms with Gasteiger partial charge in [0.2, 0.25) is 0 Å². The zero-order chi connectivity index (χ0) is 11.7. The number of unbranched alkanes of at least 4 members (excludes halogenated alkanes) is 1. The molecule has 1 heterocycles. The van der Waals surface area contributed by atoms with Crippen LogP contribution in [0.1, 0.15) is 66.7 Å². The van der Waals surface area contributed by atoms with Crippen LogP contribution in [-0.2, 0) is 0 Å². The molecule has 1 saturated heterocycles. The highest BCUT2D eigenvalue weighted by Crippen LogP contribution is 2.41. The molecular formula is C13H27NO. The first-order valence-electron chi connectivity index (χ1n) is 6.29. The third-order valence-corrected chi connectivity index (χ3v) is 3.69. The molecule has 0 atom stereocenters. The Hall–Kier alpha value is -0.0800. The fourth-order valence-corrected chi connectivity index (χ4v) is 3.17. The molecule has 1 aliphatic heterocycles. The van der Waals surface area contributed by atoms with Crippen molar-refractivity contribution >= 4 is 0 Å². The highest BCUT2D eigenvalue weighted by Gasteiger charge is 2.44. The van der Waals surface area contributed by atoms with Crippen molar-refractivity contribution in [3.63, 3.8) is 0 Å². The van der Waals surface area contributed by atoms with Crippen LogP contribution in [0.4, 0.5) is 0 Å². The standard InChI is InChI=1S/C13H27NO/c1-6-7-8-11-9-12(2,3)14(15)13(4,5)10-11/h11,15H,6-10H2,1-5H3. The lowest BCUT2D eigenvalue weighted by Gasteiger charge is -2.51. The lowest BCUT2D eigenvalue weighted by molar-refractivity contribution is -0.251. The topological polar surface area (TPSA) is 23.5 Å². The largest absolute Gasteiger partial charge is 0.313 e. The summed E-state index contributed by atoms with van der Waals surface area (Å²) in [5.74, 6) is 0.776. The third-order valence-electron chi connectivity index (χ3n) is 3.69. The highest BCUT2D eigenvalue weighted by atomic mass is 16.5. The molecule has 2 heteroatoms. The van der Waals surface area contributed by atoms with E-state index in [9.17, 15) is 5.21 Å². The van der Waals surface area contributed by atoms with Crippen LogP contribution < -0.4 is 0 Å². The maximum Gasteiger partial charge on any atom is 0.0413 e. The lowest BCUT2D eigenvalue weighted by Crippen LogP contribution is -2.58. The number of piperidine rings is 1. The average molecular weight is 213 g/mol. The summed E-state index contributed by atoms with van der Waals surface area (Å²) >= 11 is 0. The van der Waals surface area contributed by atoms with Gasteiger partial charge in [-0.1, -0.05) is 26.2 Å². The third kappa shape index (κ3) is 2.94. The smallest absolute Gasteiger partial charge is 0.0413 e. The highest BCUT2D eigenvalue weighted by molar-refractivity contribution is 4.95. The summed E-state index contributed by atoms with van der Waals surface area (Å²) in [6.07, 6.45) is 6.15. The fourth-order valence-electron chi connectivity index (χ4n) is 3.17. The fraction of sp³-hybridized carbons (Fsp3) is 1.00. The molecule has 0 radical (unpaired) electrons. The summed E-state index contributed by atoms with van der Waals surface area (Å²) in [5.41, 5.74) is -0.139. The normalized spacial score (nSPS) is 26.8. The molecule has 90 valence electrons. The second-order valence-corrected chi connectivity index (χ2v) is 6.35. The Balaban J connectivity index is 2.66. The summed E-state index contributed by atoms with van der Waals surface area (Å²) in [5, 5.41) is 11.7. The molecule has 0 unspecified atom stereocenters. The van der Waals surface area contributed by atoms with Crippen LogP contribution >= 0.6 is 0 Å². The van der Waals surface area contributed by atoms with E-state index >= 15 is 0 Å². The van der Waals surface area contributed by atoms with Gasteiger partial charge in [0.15, 0.2) is 0 Å². The van der Waals surface area contributed by atoms with Crippen molar-refractivity contribution in [2.45, 2.75) is 77.8 Å². The lowest BCUT2D eigenvalue weighted by atomic mass is 9.73. The molecule has 0 bridgehead atoms. The molecule has 2 nitrogen and oxygen atoms in total. The van der Waals surface area contributed by atoms with Gasteiger partial charge in [-0.05, 0) is 46.5 Å². The van der Waals surface area contributed by atoms with Crippen LogP contribution in [-0.4, -0.2) is 21.3 Å².